The second kappa shape index (κ2) is 6.31. The second-order valence-corrected chi connectivity index (χ2v) is 5.82. The predicted molar refractivity (Wildman–Crippen MR) is 80.0 cm³/mol. The van der Waals surface area contributed by atoms with Crippen LogP contribution in [0.3, 0.4) is 0 Å². The van der Waals surface area contributed by atoms with Crippen LogP contribution in [0.15, 0.2) is 11.4 Å². The molecule has 2 N–H and O–H groups in total. The van der Waals surface area contributed by atoms with Gasteiger partial charge in [-0.1, -0.05) is 12.2 Å². The molecule has 2 rings (SSSR count). The molecule has 7 heteroatoms. The average molecular weight is 299 g/mol. The molecule has 1 saturated heterocycles. The molecule has 0 saturated carbocycles. The fraction of sp³-hybridized carbons (Fsp3) is 0.500. The molecule has 0 unspecified atom stereocenters. The highest BCUT2D eigenvalue weighted by molar-refractivity contribution is 7.80. The number of amides is 1. The zero-order valence-corrected chi connectivity index (χ0v) is 12.4. The van der Waals surface area contributed by atoms with Crippen LogP contribution in [0, 0.1) is 0 Å². The van der Waals surface area contributed by atoms with Crippen LogP contribution in [0.5, 0.6) is 5.75 Å². The van der Waals surface area contributed by atoms with Gasteiger partial charge in [0.2, 0.25) is 0 Å². The molecule has 5 nitrogen and oxygen atoms in total. The Morgan fingerprint density at radius 2 is 2.16 bits per heavy atom. The Balaban J connectivity index is 1.90. The van der Waals surface area contributed by atoms with Crippen molar-refractivity contribution in [3.05, 3.63) is 16.3 Å². The fourth-order valence-corrected chi connectivity index (χ4v) is 3.03. The molecule has 104 valence electrons. The van der Waals surface area contributed by atoms with Crippen molar-refractivity contribution in [2.24, 2.45) is 5.73 Å². The standard InChI is InChI=1S/C12H17N3O2S2/c1-17-9-6-10(19-8-9)12(16)15-4-2-14(3-5-15)7-11(13)18/h6,8H,2-5,7H2,1H3,(H2,13,18). The summed E-state index contributed by atoms with van der Waals surface area (Å²) in [4.78, 5) is 17.5. The number of nitrogens with zero attached hydrogens (tertiary/aromatic N) is 2. The Labute approximate surface area is 121 Å². The molecule has 0 aromatic carbocycles. The van der Waals surface area contributed by atoms with Crippen LogP contribution < -0.4 is 10.5 Å². The van der Waals surface area contributed by atoms with E-state index in [9.17, 15) is 4.79 Å². The average Bonchev–Trinajstić information content (AvgIpc) is 2.87. The highest BCUT2D eigenvalue weighted by atomic mass is 32.1. The number of piperazine rings is 1. The number of thiocarbonyl (C=S) groups is 1. The number of hydrogen-bond donors (Lipinski definition) is 1. The molecule has 0 radical (unpaired) electrons. The minimum atomic E-state index is 0.0725. The lowest BCUT2D eigenvalue weighted by Gasteiger charge is -2.34. The Morgan fingerprint density at radius 1 is 1.47 bits per heavy atom. The number of methoxy groups -OCH3 is 1. The molecule has 2 heterocycles. The summed E-state index contributed by atoms with van der Waals surface area (Å²) in [7, 11) is 1.60. The van der Waals surface area contributed by atoms with Crippen LogP contribution in [-0.2, 0) is 0 Å². The van der Waals surface area contributed by atoms with Crippen molar-refractivity contribution < 1.29 is 9.53 Å². The quantitative estimate of drug-likeness (QED) is 0.834. The SMILES string of the molecule is COc1csc(C(=O)N2CCN(CC(N)=S)CC2)c1. The summed E-state index contributed by atoms with van der Waals surface area (Å²) in [5.74, 6) is 0.809. The van der Waals surface area contributed by atoms with Crippen LogP contribution in [0.25, 0.3) is 0 Å². The van der Waals surface area contributed by atoms with Crippen molar-refractivity contribution in [2.75, 3.05) is 39.8 Å². The summed E-state index contributed by atoms with van der Waals surface area (Å²) >= 11 is 6.31. The molecule has 1 aliphatic heterocycles. The summed E-state index contributed by atoms with van der Waals surface area (Å²) in [5, 5.41) is 1.84. The van der Waals surface area contributed by atoms with Crippen molar-refractivity contribution in [3.8, 4) is 5.75 Å². The number of nitrogens with two attached hydrogens (primary N) is 1. The first-order chi connectivity index (χ1) is 9.10. The van der Waals surface area contributed by atoms with Gasteiger partial charge >= 0.3 is 0 Å². The number of carbonyl (C=O) groups excluding carboxylic acids is 1. The molecule has 0 spiro atoms. The van der Waals surface area contributed by atoms with Crippen LogP contribution in [-0.4, -0.2) is 60.5 Å². The van der Waals surface area contributed by atoms with Crippen molar-refractivity contribution in [1.29, 1.82) is 0 Å². The van der Waals surface area contributed by atoms with E-state index in [0.717, 1.165) is 23.7 Å². The lowest BCUT2D eigenvalue weighted by atomic mass is 10.3. The third-order valence-electron chi connectivity index (χ3n) is 3.06. The normalized spacial score (nSPS) is 16.4. The number of hydrogen-bond acceptors (Lipinski definition) is 5. The fourth-order valence-electron chi connectivity index (χ4n) is 2.02. The van der Waals surface area contributed by atoms with Crippen molar-refractivity contribution in [1.82, 2.24) is 9.80 Å². The van der Waals surface area contributed by atoms with Crippen LogP contribution in [0.1, 0.15) is 9.67 Å². The van der Waals surface area contributed by atoms with Crippen molar-refractivity contribution in [3.63, 3.8) is 0 Å². The lowest BCUT2D eigenvalue weighted by molar-refractivity contribution is 0.0659. The van der Waals surface area contributed by atoms with Crippen molar-refractivity contribution in [2.45, 2.75) is 0 Å². The van der Waals surface area contributed by atoms with Crippen LogP contribution >= 0.6 is 23.6 Å². The minimum Gasteiger partial charge on any atom is -0.496 e. The lowest BCUT2D eigenvalue weighted by Crippen LogP contribution is -2.50. The molecule has 0 aliphatic carbocycles. The summed E-state index contributed by atoms with van der Waals surface area (Å²) < 4.78 is 5.10. The van der Waals surface area contributed by atoms with Gasteiger partial charge in [0, 0.05) is 44.2 Å². The van der Waals surface area contributed by atoms with Gasteiger partial charge in [-0.25, -0.2) is 0 Å². The molecule has 1 fully saturated rings. The van der Waals surface area contributed by atoms with E-state index in [1.165, 1.54) is 11.3 Å². The molecular weight excluding hydrogens is 282 g/mol. The van der Waals surface area contributed by atoms with Crippen molar-refractivity contribution >= 4 is 34.5 Å². The minimum absolute atomic E-state index is 0.0725. The van der Waals surface area contributed by atoms with E-state index in [2.05, 4.69) is 4.90 Å². The number of thiophene rings is 1. The van der Waals surface area contributed by atoms with E-state index in [0.29, 0.717) is 24.6 Å². The van der Waals surface area contributed by atoms with E-state index in [1.807, 2.05) is 10.3 Å². The van der Waals surface area contributed by atoms with Gasteiger partial charge in [-0.2, -0.15) is 0 Å². The maximum absolute atomic E-state index is 12.3. The molecule has 1 aromatic rings. The number of ether oxygens (including phenoxy) is 1. The third-order valence-corrected chi connectivity index (χ3v) is 4.09. The first-order valence-corrected chi connectivity index (χ1v) is 7.31. The van der Waals surface area contributed by atoms with E-state index in [4.69, 9.17) is 22.7 Å². The largest absolute Gasteiger partial charge is 0.496 e. The summed E-state index contributed by atoms with van der Waals surface area (Å²) in [5.41, 5.74) is 5.52. The molecule has 0 bridgehead atoms. The van der Waals surface area contributed by atoms with E-state index in [1.54, 1.807) is 13.2 Å². The topological polar surface area (TPSA) is 58.8 Å². The summed E-state index contributed by atoms with van der Waals surface area (Å²) in [6.07, 6.45) is 0. The van der Waals surface area contributed by atoms with Gasteiger partial charge in [0.1, 0.15) is 5.75 Å². The first kappa shape index (κ1) is 14.2. The van der Waals surface area contributed by atoms with Gasteiger partial charge in [-0.15, -0.1) is 11.3 Å². The van der Waals surface area contributed by atoms with E-state index < -0.39 is 0 Å². The first-order valence-electron chi connectivity index (χ1n) is 6.02. The van der Waals surface area contributed by atoms with E-state index >= 15 is 0 Å². The Kier molecular flexibility index (Phi) is 4.73. The van der Waals surface area contributed by atoms with Gasteiger partial charge in [0.05, 0.1) is 17.0 Å². The van der Waals surface area contributed by atoms with Gasteiger partial charge in [-0.05, 0) is 0 Å². The highest BCUT2D eigenvalue weighted by Gasteiger charge is 2.23. The monoisotopic (exact) mass is 299 g/mol. The molecule has 0 atom stereocenters. The number of carbonyl (C=O) groups is 1. The number of rotatable bonds is 4. The summed E-state index contributed by atoms with van der Waals surface area (Å²) in [6, 6.07) is 1.79. The maximum atomic E-state index is 12.3. The zero-order valence-electron chi connectivity index (χ0n) is 10.8. The molecule has 1 amide bonds. The molecule has 1 aliphatic rings. The van der Waals surface area contributed by atoms with Crippen LogP contribution in [0.2, 0.25) is 0 Å². The Bertz CT molecular complexity index is 467. The van der Waals surface area contributed by atoms with Gasteiger partial charge in [0.25, 0.3) is 5.91 Å². The van der Waals surface area contributed by atoms with Crippen LogP contribution in [0.4, 0.5) is 0 Å². The molecule has 1 aromatic heterocycles. The van der Waals surface area contributed by atoms with E-state index in [-0.39, 0.29) is 5.91 Å². The Morgan fingerprint density at radius 3 is 2.68 bits per heavy atom. The third kappa shape index (κ3) is 3.65. The highest BCUT2D eigenvalue weighted by Crippen LogP contribution is 2.22. The molecule has 19 heavy (non-hydrogen) atoms. The van der Waals surface area contributed by atoms with Gasteiger partial charge in [0.15, 0.2) is 0 Å². The van der Waals surface area contributed by atoms with Gasteiger partial charge < -0.3 is 15.4 Å². The maximum Gasteiger partial charge on any atom is 0.264 e. The Hall–Kier alpha value is -1.18. The zero-order chi connectivity index (χ0) is 13.8. The molecular formula is C12H17N3O2S2. The predicted octanol–water partition coefficient (Wildman–Crippen LogP) is 0.801. The smallest absolute Gasteiger partial charge is 0.264 e. The van der Waals surface area contributed by atoms with Gasteiger partial charge in [-0.3, -0.25) is 9.69 Å². The summed E-state index contributed by atoms with van der Waals surface area (Å²) in [6.45, 7) is 3.67. The second-order valence-electron chi connectivity index (χ2n) is 4.39.